The van der Waals surface area contributed by atoms with Crippen molar-refractivity contribution in [2.75, 3.05) is 24.7 Å². The second-order valence-electron chi connectivity index (χ2n) is 11.2. The first-order valence-electron chi connectivity index (χ1n) is 14.2. The van der Waals surface area contributed by atoms with Crippen LogP contribution in [-0.4, -0.2) is 39.2 Å². The van der Waals surface area contributed by atoms with Gasteiger partial charge in [-0.05, 0) is 54.3 Å². The molecule has 1 aliphatic rings. The summed E-state index contributed by atoms with van der Waals surface area (Å²) in [5.41, 5.74) is 7.00. The van der Waals surface area contributed by atoms with Gasteiger partial charge < -0.3 is 14.3 Å². The maximum atomic E-state index is 13.5. The highest BCUT2D eigenvalue weighted by molar-refractivity contribution is 7.92. The monoisotopic (exact) mass is 618 g/mol. The summed E-state index contributed by atoms with van der Waals surface area (Å²) in [6.45, 7) is 1.96. The van der Waals surface area contributed by atoms with Crippen LogP contribution >= 0.6 is 0 Å². The number of aromatic nitrogens is 1. The SMILES string of the molecule is CNC(=O)c1c(-c2ccc(C)cc2)oc2cc(N(C)S(C)(=O)=O)c(-c3cc(C4=Cc5c(C#N)cccc5C4)c(=O)n(C)c3)cc12. The van der Waals surface area contributed by atoms with Crippen LogP contribution in [0.15, 0.2) is 76.1 Å². The summed E-state index contributed by atoms with van der Waals surface area (Å²) >= 11 is 0. The first-order valence-corrected chi connectivity index (χ1v) is 16.0. The van der Waals surface area contributed by atoms with Crippen LogP contribution in [0.3, 0.4) is 0 Å². The highest BCUT2D eigenvalue weighted by atomic mass is 32.2. The van der Waals surface area contributed by atoms with Gasteiger partial charge in [0.05, 0.1) is 29.1 Å². The van der Waals surface area contributed by atoms with Gasteiger partial charge in [-0.25, -0.2) is 8.42 Å². The molecule has 1 aliphatic carbocycles. The number of pyridine rings is 1. The van der Waals surface area contributed by atoms with E-state index in [1.165, 1.54) is 18.7 Å². The minimum Gasteiger partial charge on any atom is -0.455 e. The molecule has 0 bridgehead atoms. The van der Waals surface area contributed by atoms with E-state index in [1.54, 1.807) is 37.5 Å². The van der Waals surface area contributed by atoms with Crippen LogP contribution in [0, 0.1) is 18.3 Å². The van der Waals surface area contributed by atoms with Gasteiger partial charge in [-0.15, -0.1) is 0 Å². The molecule has 0 aliphatic heterocycles. The number of nitrogens with zero attached hydrogens (tertiary/aromatic N) is 3. The summed E-state index contributed by atoms with van der Waals surface area (Å²) in [5.74, 6) is 0.000554. The molecule has 3 aromatic carbocycles. The summed E-state index contributed by atoms with van der Waals surface area (Å²) in [5, 5.41) is 12.8. The highest BCUT2D eigenvalue weighted by Crippen LogP contribution is 2.42. The molecule has 5 aromatic rings. The number of carbonyl (C=O) groups excluding carboxylic acids is 1. The van der Waals surface area contributed by atoms with E-state index in [0.29, 0.717) is 62.2 Å². The van der Waals surface area contributed by atoms with Crippen molar-refractivity contribution in [2.24, 2.45) is 7.05 Å². The number of aryl methyl sites for hydroxylation is 2. The van der Waals surface area contributed by atoms with Crippen LogP contribution < -0.4 is 15.2 Å². The Hall–Kier alpha value is -5.40. The molecule has 45 heavy (non-hydrogen) atoms. The number of fused-ring (bicyclic) bond motifs is 2. The minimum atomic E-state index is -3.72. The van der Waals surface area contributed by atoms with Crippen molar-refractivity contribution < 1.29 is 17.6 Å². The number of nitrogens with one attached hydrogen (secondary N) is 1. The quantitative estimate of drug-likeness (QED) is 0.268. The van der Waals surface area contributed by atoms with Gasteiger partial charge >= 0.3 is 0 Å². The standard InChI is InChI=1S/C35H30N4O5S/c1-20-9-11-21(12-10-20)33-32(34(40)37-2)29-16-27(30(17-31(29)44-33)39(4)45(5,42)43)25-15-28(35(41)38(3)19-25)24-13-22-7-6-8-23(18-36)26(22)14-24/h6-12,14-17,19H,13H2,1-5H3,(H,37,40). The van der Waals surface area contributed by atoms with E-state index in [-0.39, 0.29) is 11.5 Å². The number of anilines is 1. The Kier molecular flexibility index (Phi) is 7.22. The summed E-state index contributed by atoms with van der Waals surface area (Å²) < 4.78 is 34.6. The van der Waals surface area contributed by atoms with E-state index >= 15 is 0 Å². The molecule has 2 heterocycles. The fourth-order valence-corrected chi connectivity index (χ4v) is 6.30. The van der Waals surface area contributed by atoms with Crippen LogP contribution in [0.5, 0.6) is 0 Å². The predicted octanol–water partition coefficient (Wildman–Crippen LogP) is 5.50. The number of hydrogen-bond donors (Lipinski definition) is 1. The lowest BCUT2D eigenvalue weighted by atomic mass is 9.96. The van der Waals surface area contributed by atoms with E-state index in [4.69, 9.17) is 4.42 Å². The number of hydrogen-bond acceptors (Lipinski definition) is 6. The highest BCUT2D eigenvalue weighted by Gasteiger charge is 2.27. The lowest BCUT2D eigenvalue weighted by molar-refractivity contribution is 0.0964. The van der Waals surface area contributed by atoms with Crippen LogP contribution in [0.1, 0.15) is 38.2 Å². The zero-order valence-electron chi connectivity index (χ0n) is 25.4. The summed E-state index contributed by atoms with van der Waals surface area (Å²) in [6.07, 6.45) is 5.10. The normalized spacial score (nSPS) is 12.5. The Morgan fingerprint density at radius 1 is 1.07 bits per heavy atom. The van der Waals surface area contributed by atoms with Crippen molar-refractivity contribution in [1.82, 2.24) is 9.88 Å². The molecule has 0 spiro atoms. The van der Waals surface area contributed by atoms with Gasteiger partial charge in [-0.3, -0.25) is 13.9 Å². The van der Waals surface area contributed by atoms with E-state index in [1.807, 2.05) is 49.4 Å². The second-order valence-corrected chi connectivity index (χ2v) is 13.3. The Morgan fingerprint density at radius 3 is 2.47 bits per heavy atom. The van der Waals surface area contributed by atoms with Gasteiger partial charge in [-0.1, -0.05) is 42.0 Å². The first kappa shape index (κ1) is 29.7. The first-order chi connectivity index (χ1) is 21.4. The van der Waals surface area contributed by atoms with E-state index < -0.39 is 10.0 Å². The third-order valence-corrected chi connectivity index (χ3v) is 9.46. The Balaban J connectivity index is 1.63. The molecule has 0 radical (unpaired) electrons. The zero-order chi connectivity index (χ0) is 32.2. The molecule has 9 nitrogen and oxygen atoms in total. The number of allylic oxidation sites excluding steroid dienone is 1. The molecular formula is C35H30N4O5S. The molecule has 1 N–H and O–H groups in total. The molecule has 0 unspecified atom stereocenters. The summed E-state index contributed by atoms with van der Waals surface area (Å²) in [6, 6.07) is 20.4. The minimum absolute atomic E-state index is 0.230. The third-order valence-electron chi connectivity index (χ3n) is 8.27. The fraction of sp³-hybridized carbons (Fsp3) is 0.171. The van der Waals surface area contributed by atoms with E-state index in [9.17, 15) is 23.3 Å². The van der Waals surface area contributed by atoms with Crippen molar-refractivity contribution in [2.45, 2.75) is 13.3 Å². The molecule has 0 fully saturated rings. The zero-order valence-corrected chi connectivity index (χ0v) is 26.2. The van der Waals surface area contributed by atoms with Crippen molar-refractivity contribution in [3.05, 3.63) is 111 Å². The van der Waals surface area contributed by atoms with Gasteiger partial charge in [-0.2, -0.15) is 5.26 Å². The average molecular weight is 619 g/mol. The van der Waals surface area contributed by atoms with Crippen molar-refractivity contribution in [3.63, 3.8) is 0 Å². The van der Waals surface area contributed by atoms with Gasteiger partial charge in [0.15, 0.2) is 0 Å². The Labute approximate surface area is 260 Å². The number of furan rings is 1. The lowest BCUT2D eigenvalue weighted by Gasteiger charge is -2.21. The number of benzene rings is 3. The molecule has 0 saturated carbocycles. The largest absolute Gasteiger partial charge is 0.455 e. The molecule has 6 rings (SSSR count). The summed E-state index contributed by atoms with van der Waals surface area (Å²) in [4.78, 5) is 26.8. The Bertz CT molecular complexity index is 2290. The second kappa shape index (κ2) is 10.9. The fourth-order valence-electron chi connectivity index (χ4n) is 5.79. The smallest absolute Gasteiger partial charge is 0.257 e. The predicted molar refractivity (Wildman–Crippen MR) is 176 cm³/mol. The van der Waals surface area contributed by atoms with Gasteiger partial charge in [0.1, 0.15) is 11.3 Å². The van der Waals surface area contributed by atoms with Crippen LogP contribution in [0.25, 0.3) is 45.1 Å². The lowest BCUT2D eigenvalue weighted by Crippen LogP contribution is -2.26. The Morgan fingerprint density at radius 2 is 1.80 bits per heavy atom. The number of carbonyl (C=O) groups is 1. The van der Waals surface area contributed by atoms with Crippen molar-refractivity contribution in [3.8, 4) is 28.5 Å². The average Bonchev–Trinajstić information content (AvgIpc) is 3.62. The van der Waals surface area contributed by atoms with Crippen LogP contribution in [0.4, 0.5) is 5.69 Å². The van der Waals surface area contributed by atoms with Gasteiger partial charge in [0.25, 0.3) is 11.5 Å². The molecule has 10 heteroatoms. The molecule has 2 aromatic heterocycles. The number of nitriles is 1. The number of rotatable bonds is 6. The van der Waals surface area contributed by atoms with E-state index in [2.05, 4.69) is 11.4 Å². The topological polar surface area (TPSA) is 125 Å². The molecular weight excluding hydrogens is 588 g/mol. The summed E-state index contributed by atoms with van der Waals surface area (Å²) in [7, 11) is 0.906. The molecule has 0 saturated heterocycles. The van der Waals surface area contributed by atoms with Crippen molar-refractivity contribution >= 4 is 44.2 Å². The molecule has 0 atom stereocenters. The van der Waals surface area contributed by atoms with E-state index in [0.717, 1.165) is 32.8 Å². The van der Waals surface area contributed by atoms with Gasteiger partial charge in [0.2, 0.25) is 10.0 Å². The maximum absolute atomic E-state index is 13.5. The van der Waals surface area contributed by atoms with Gasteiger partial charge in [0, 0.05) is 61.0 Å². The molecule has 226 valence electrons. The van der Waals surface area contributed by atoms with Crippen LogP contribution in [-0.2, 0) is 23.5 Å². The molecule has 1 amide bonds. The van der Waals surface area contributed by atoms with Crippen LogP contribution in [0.2, 0.25) is 0 Å². The number of amides is 1. The number of sulfonamides is 1. The van der Waals surface area contributed by atoms with Crippen molar-refractivity contribution in [1.29, 1.82) is 5.26 Å². The maximum Gasteiger partial charge on any atom is 0.257 e. The third kappa shape index (κ3) is 5.11.